The summed E-state index contributed by atoms with van der Waals surface area (Å²) in [4.78, 5) is 22.3. The molecule has 0 saturated carbocycles. The van der Waals surface area contributed by atoms with Crippen LogP contribution in [0.15, 0.2) is 23.1 Å². The zero-order chi connectivity index (χ0) is 12.8. The largest absolute Gasteiger partial charge is 0.497 e. The van der Waals surface area contributed by atoms with Crippen LogP contribution in [0.3, 0.4) is 0 Å². The van der Waals surface area contributed by atoms with Crippen LogP contribution in [0.1, 0.15) is 0 Å². The van der Waals surface area contributed by atoms with Gasteiger partial charge in [-0.15, -0.1) is 11.8 Å². The molecule has 92 valence electrons. The molecule has 0 unspecified atom stereocenters. The summed E-state index contributed by atoms with van der Waals surface area (Å²) in [7, 11) is 1.54. The first-order valence-corrected chi connectivity index (χ1v) is 5.67. The van der Waals surface area contributed by atoms with E-state index in [0.29, 0.717) is 16.3 Å². The predicted molar refractivity (Wildman–Crippen MR) is 65.9 cm³/mol. The number of thioether (sulfide) groups is 1. The van der Waals surface area contributed by atoms with Crippen LogP contribution in [0.2, 0.25) is 0 Å². The topological polar surface area (TPSA) is 107 Å². The van der Waals surface area contributed by atoms with E-state index < -0.39 is 11.9 Å². The van der Waals surface area contributed by atoms with Gasteiger partial charge in [-0.3, -0.25) is 10.1 Å². The number of ether oxygens (including phenoxy) is 1. The van der Waals surface area contributed by atoms with Crippen LogP contribution in [0.25, 0.3) is 0 Å². The van der Waals surface area contributed by atoms with Crippen LogP contribution in [0.5, 0.6) is 5.75 Å². The molecular formula is C10H13N3O3S. The van der Waals surface area contributed by atoms with Gasteiger partial charge in [0.25, 0.3) is 0 Å². The highest BCUT2D eigenvalue weighted by molar-refractivity contribution is 8.00. The Morgan fingerprint density at radius 3 is 2.76 bits per heavy atom. The summed E-state index contributed by atoms with van der Waals surface area (Å²) < 4.78 is 5.04. The molecule has 3 amide bonds. The maximum absolute atomic E-state index is 11.2. The van der Waals surface area contributed by atoms with Crippen molar-refractivity contribution in [1.82, 2.24) is 5.32 Å². The van der Waals surface area contributed by atoms with Gasteiger partial charge >= 0.3 is 6.03 Å². The third-order valence-electron chi connectivity index (χ3n) is 1.84. The third-order valence-corrected chi connectivity index (χ3v) is 2.91. The van der Waals surface area contributed by atoms with Crippen molar-refractivity contribution in [3.8, 4) is 5.75 Å². The monoisotopic (exact) mass is 255 g/mol. The van der Waals surface area contributed by atoms with Crippen LogP contribution in [0.4, 0.5) is 10.5 Å². The number of rotatable bonds is 4. The molecule has 0 saturated heterocycles. The van der Waals surface area contributed by atoms with Gasteiger partial charge in [-0.1, -0.05) is 0 Å². The molecule has 0 heterocycles. The second kappa shape index (κ2) is 6.00. The lowest BCUT2D eigenvalue weighted by Gasteiger charge is -2.07. The zero-order valence-electron chi connectivity index (χ0n) is 9.23. The van der Waals surface area contributed by atoms with E-state index >= 15 is 0 Å². The molecule has 0 spiro atoms. The summed E-state index contributed by atoms with van der Waals surface area (Å²) in [5.74, 6) is 0.238. The number of amides is 3. The maximum Gasteiger partial charge on any atom is 0.318 e. The third kappa shape index (κ3) is 4.23. The van der Waals surface area contributed by atoms with E-state index in [2.05, 4.69) is 0 Å². The molecular weight excluding hydrogens is 242 g/mol. The van der Waals surface area contributed by atoms with Crippen LogP contribution >= 0.6 is 11.8 Å². The molecule has 1 aromatic carbocycles. The number of nitrogens with one attached hydrogen (secondary N) is 1. The summed E-state index contributed by atoms with van der Waals surface area (Å²) >= 11 is 1.20. The number of hydrogen-bond acceptors (Lipinski definition) is 5. The summed E-state index contributed by atoms with van der Waals surface area (Å²) in [6, 6.07) is 4.27. The Bertz CT molecular complexity index is 437. The molecule has 17 heavy (non-hydrogen) atoms. The molecule has 0 aliphatic rings. The minimum Gasteiger partial charge on any atom is -0.497 e. The van der Waals surface area contributed by atoms with Gasteiger partial charge in [-0.05, 0) is 18.2 Å². The Kier molecular flexibility index (Phi) is 4.65. The van der Waals surface area contributed by atoms with Gasteiger partial charge in [0.1, 0.15) is 5.75 Å². The summed E-state index contributed by atoms with van der Waals surface area (Å²) in [6.45, 7) is 0. The highest BCUT2D eigenvalue weighted by Crippen LogP contribution is 2.28. The molecule has 0 bridgehead atoms. The van der Waals surface area contributed by atoms with Crippen molar-refractivity contribution in [2.24, 2.45) is 5.73 Å². The molecule has 1 aromatic rings. The number of imide groups is 1. The highest BCUT2D eigenvalue weighted by Gasteiger charge is 2.08. The lowest BCUT2D eigenvalue weighted by atomic mass is 10.3. The normalized spacial score (nSPS) is 9.71. The number of benzene rings is 1. The molecule has 7 heteroatoms. The molecule has 5 N–H and O–H groups in total. The molecule has 0 atom stereocenters. The fourth-order valence-electron chi connectivity index (χ4n) is 1.08. The van der Waals surface area contributed by atoms with Gasteiger partial charge in [0.15, 0.2) is 0 Å². The first-order chi connectivity index (χ1) is 8.02. The second-order valence-electron chi connectivity index (χ2n) is 3.10. The fourth-order valence-corrected chi connectivity index (χ4v) is 1.88. The number of carbonyl (C=O) groups excluding carboxylic acids is 2. The molecule has 0 aliphatic carbocycles. The van der Waals surface area contributed by atoms with E-state index in [0.717, 1.165) is 0 Å². The minimum atomic E-state index is -0.866. The van der Waals surface area contributed by atoms with Crippen LogP contribution in [-0.2, 0) is 4.79 Å². The lowest BCUT2D eigenvalue weighted by molar-refractivity contribution is -0.117. The number of carbonyl (C=O) groups is 2. The fraction of sp³-hybridized carbons (Fsp3) is 0.200. The van der Waals surface area contributed by atoms with Gasteiger partial charge in [0.05, 0.1) is 12.9 Å². The quantitative estimate of drug-likeness (QED) is 0.538. The number of methoxy groups -OCH3 is 1. The predicted octanol–water partition coefficient (Wildman–Crippen LogP) is 0.564. The summed E-state index contributed by atoms with van der Waals surface area (Å²) in [5, 5.41) is 1.97. The van der Waals surface area contributed by atoms with Crippen molar-refractivity contribution in [1.29, 1.82) is 0 Å². The lowest BCUT2D eigenvalue weighted by Crippen LogP contribution is -2.36. The van der Waals surface area contributed by atoms with Gasteiger partial charge in [0, 0.05) is 10.6 Å². The Hall–Kier alpha value is -1.89. The van der Waals surface area contributed by atoms with Crippen molar-refractivity contribution >= 4 is 29.4 Å². The summed E-state index contributed by atoms with van der Waals surface area (Å²) in [5.41, 5.74) is 11.1. The van der Waals surface area contributed by atoms with Crippen molar-refractivity contribution < 1.29 is 14.3 Å². The van der Waals surface area contributed by atoms with Crippen molar-refractivity contribution in [2.45, 2.75) is 4.90 Å². The Morgan fingerprint density at radius 2 is 2.18 bits per heavy atom. The molecule has 0 aromatic heterocycles. The number of nitrogens with two attached hydrogens (primary N) is 2. The Balaban J connectivity index is 2.62. The molecule has 0 fully saturated rings. The average molecular weight is 255 g/mol. The number of anilines is 1. The standard InChI is InChI=1S/C10H13N3O3S/c1-16-6-2-3-7(11)8(4-6)17-5-9(14)13-10(12)15/h2-4H,5,11H2,1H3,(H3,12,13,14,15). The van der Waals surface area contributed by atoms with E-state index in [4.69, 9.17) is 16.2 Å². The number of urea groups is 1. The molecule has 1 rings (SSSR count). The molecule has 0 radical (unpaired) electrons. The average Bonchev–Trinajstić information content (AvgIpc) is 2.27. The maximum atomic E-state index is 11.2. The van der Waals surface area contributed by atoms with E-state index in [1.807, 2.05) is 5.32 Å². The number of hydrogen-bond donors (Lipinski definition) is 3. The van der Waals surface area contributed by atoms with Crippen molar-refractivity contribution in [3.63, 3.8) is 0 Å². The Labute approximate surface area is 103 Å². The second-order valence-corrected chi connectivity index (χ2v) is 4.12. The smallest absolute Gasteiger partial charge is 0.318 e. The zero-order valence-corrected chi connectivity index (χ0v) is 10.0. The highest BCUT2D eigenvalue weighted by atomic mass is 32.2. The number of primary amides is 1. The van der Waals surface area contributed by atoms with E-state index in [9.17, 15) is 9.59 Å². The molecule has 0 aliphatic heterocycles. The van der Waals surface area contributed by atoms with E-state index in [-0.39, 0.29) is 5.75 Å². The van der Waals surface area contributed by atoms with Gasteiger partial charge in [0.2, 0.25) is 5.91 Å². The van der Waals surface area contributed by atoms with Crippen molar-refractivity contribution in [2.75, 3.05) is 18.6 Å². The summed E-state index contributed by atoms with van der Waals surface area (Å²) in [6.07, 6.45) is 0. The first-order valence-electron chi connectivity index (χ1n) is 4.68. The minimum absolute atomic E-state index is 0.0559. The van der Waals surface area contributed by atoms with Gasteiger partial charge < -0.3 is 16.2 Å². The van der Waals surface area contributed by atoms with Crippen LogP contribution < -0.4 is 21.5 Å². The molecule has 6 nitrogen and oxygen atoms in total. The van der Waals surface area contributed by atoms with Crippen LogP contribution in [0, 0.1) is 0 Å². The first kappa shape index (κ1) is 13.2. The van der Waals surface area contributed by atoms with Crippen LogP contribution in [-0.4, -0.2) is 24.8 Å². The van der Waals surface area contributed by atoms with Crippen molar-refractivity contribution in [3.05, 3.63) is 18.2 Å². The van der Waals surface area contributed by atoms with Gasteiger partial charge in [-0.25, -0.2) is 4.79 Å². The SMILES string of the molecule is COc1ccc(N)c(SCC(=O)NC(N)=O)c1. The van der Waals surface area contributed by atoms with E-state index in [1.54, 1.807) is 25.3 Å². The number of nitrogen functional groups attached to an aromatic ring is 1. The van der Waals surface area contributed by atoms with E-state index in [1.165, 1.54) is 11.8 Å². The van der Waals surface area contributed by atoms with Gasteiger partial charge in [-0.2, -0.15) is 0 Å². The Morgan fingerprint density at radius 1 is 1.47 bits per heavy atom.